The fourth-order valence-electron chi connectivity index (χ4n) is 6.81. The quantitative estimate of drug-likeness (QED) is 0.389. The largest absolute Gasteiger partial charge is 0.458 e. The zero-order valence-corrected chi connectivity index (χ0v) is 22.2. The van der Waals surface area contributed by atoms with Gasteiger partial charge in [0, 0.05) is 28.5 Å². The van der Waals surface area contributed by atoms with Gasteiger partial charge in [-0.2, -0.15) is 0 Å². The monoisotopic (exact) mass is 531 g/mol. The number of esters is 1. The van der Waals surface area contributed by atoms with Crippen LogP contribution in [0.1, 0.15) is 79.0 Å². The van der Waals surface area contributed by atoms with Gasteiger partial charge in [-0.25, -0.2) is 14.2 Å². The van der Waals surface area contributed by atoms with Crippen LogP contribution in [0.3, 0.4) is 0 Å². The Morgan fingerprint density at radius 1 is 1.26 bits per heavy atom. The standard InChI is InChI=1S/C30H30FN3O5/c1-4-30(38)19-9-23-26-17(11-34(23)28(36)18(19)12-39-29(30)37)25-21(33-27(35)13(2)15-5-6-15)8-7-16-14(3)20(31)10-22(32-26)24(16)25/h9-10,13,15,21,38H,4-8,11-12H2,1-3H3,(H,33,35)/t13-,21+,30-/m0/s1. The Balaban J connectivity index is 1.46. The van der Waals surface area contributed by atoms with Crippen molar-refractivity contribution in [2.75, 3.05) is 0 Å². The molecular weight excluding hydrogens is 501 g/mol. The number of benzene rings is 1. The first-order valence-corrected chi connectivity index (χ1v) is 13.8. The van der Waals surface area contributed by atoms with Crippen LogP contribution < -0.4 is 10.9 Å². The molecule has 0 radical (unpaired) electrons. The van der Waals surface area contributed by atoms with Crippen molar-refractivity contribution in [1.29, 1.82) is 0 Å². The van der Waals surface area contributed by atoms with Gasteiger partial charge in [0.1, 0.15) is 12.4 Å². The van der Waals surface area contributed by atoms with Gasteiger partial charge < -0.3 is 19.7 Å². The highest BCUT2D eigenvalue weighted by Crippen LogP contribution is 2.46. The zero-order valence-electron chi connectivity index (χ0n) is 22.2. The average Bonchev–Trinajstić information content (AvgIpc) is 3.71. The van der Waals surface area contributed by atoms with Crippen molar-refractivity contribution in [2.45, 2.75) is 77.7 Å². The third-order valence-electron chi connectivity index (χ3n) is 9.44. The minimum absolute atomic E-state index is 0.00955. The Hall–Kier alpha value is -3.59. The molecule has 4 heterocycles. The summed E-state index contributed by atoms with van der Waals surface area (Å²) in [6.07, 6.45) is 3.40. The van der Waals surface area contributed by atoms with Crippen LogP contribution in [0.4, 0.5) is 4.39 Å². The molecule has 1 fully saturated rings. The number of carbonyl (C=O) groups is 2. The van der Waals surface area contributed by atoms with Gasteiger partial charge in [-0.15, -0.1) is 0 Å². The fraction of sp³-hybridized carbons (Fsp3) is 0.467. The third-order valence-corrected chi connectivity index (χ3v) is 9.44. The van der Waals surface area contributed by atoms with E-state index >= 15 is 4.39 Å². The minimum Gasteiger partial charge on any atom is -0.458 e. The molecule has 2 aliphatic heterocycles. The number of hydrogen-bond donors (Lipinski definition) is 2. The van der Waals surface area contributed by atoms with Crippen LogP contribution in [0, 0.1) is 24.6 Å². The molecule has 202 valence electrons. The van der Waals surface area contributed by atoms with E-state index in [9.17, 15) is 19.5 Å². The van der Waals surface area contributed by atoms with Crippen molar-refractivity contribution in [2.24, 2.45) is 11.8 Å². The Morgan fingerprint density at radius 3 is 2.74 bits per heavy atom. The van der Waals surface area contributed by atoms with E-state index in [0.29, 0.717) is 41.2 Å². The SMILES string of the molecule is CC[C@@]1(O)C(=O)OCc2c1cc1n(c2=O)Cc2c-1nc1cc(F)c(C)c3c1c2[C@H](NC(=O)[C@@H](C)C1CC1)CC3. The number of amides is 1. The molecule has 2 aromatic heterocycles. The summed E-state index contributed by atoms with van der Waals surface area (Å²) < 4.78 is 21.8. The Labute approximate surface area is 224 Å². The number of nitrogens with one attached hydrogen (secondary N) is 1. The summed E-state index contributed by atoms with van der Waals surface area (Å²) in [7, 11) is 0. The molecule has 0 saturated heterocycles. The number of hydrogen-bond acceptors (Lipinski definition) is 6. The number of ether oxygens (including phenoxy) is 1. The van der Waals surface area contributed by atoms with Gasteiger partial charge in [0.2, 0.25) is 5.91 Å². The van der Waals surface area contributed by atoms with Gasteiger partial charge in [0.25, 0.3) is 5.56 Å². The molecule has 2 aliphatic carbocycles. The molecule has 0 unspecified atom stereocenters. The van der Waals surface area contributed by atoms with Crippen molar-refractivity contribution >= 4 is 22.8 Å². The number of halogens is 1. The van der Waals surface area contributed by atoms with Crippen molar-refractivity contribution in [3.63, 3.8) is 0 Å². The molecule has 1 aromatic carbocycles. The van der Waals surface area contributed by atoms with Gasteiger partial charge in [0.15, 0.2) is 5.60 Å². The topological polar surface area (TPSA) is 111 Å². The first-order chi connectivity index (χ1) is 18.6. The highest BCUT2D eigenvalue weighted by Gasteiger charge is 2.46. The zero-order chi connectivity index (χ0) is 27.4. The Morgan fingerprint density at radius 2 is 2.03 bits per heavy atom. The second kappa shape index (κ2) is 8.21. The number of aromatic nitrogens is 2. The number of carbonyl (C=O) groups excluding carboxylic acids is 2. The van der Waals surface area contributed by atoms with Crippen molar-refractivity contribution in [1.82, 2.24) is 14.9 Å². The number of rotatable bonds is 4. The van der Waals surface area contributed by atoms with E-state index in [1.807, 2.05) is 6.92 Å². The summed E-state index contributed by atoms with van der Waals surface area (Å²) in [6.45, 7) is 5.42. The summed E-state index contributed by atoms with van der Waals surface area (Å²) in [6, 6.07) is 2.79. The van der Waals surface area contributed by atoms with Gasteiger partial charge in [-0.05, 0) is 67.7 Å². The Bertz CT molecular complexity index is 1690. The normalized spacial score (nSPS) is 23.6. The highest BCUT2D eigenvalue weighted by atomic mass is 19.1. The lowest BCUT2D eigenvalue weighted by atomic mass is 9.81. The summed E-state index contributed by atoms with van der Waals surface area (Å²) in [4.78, 5) is 44.3. The molecule has 8 nitrogen and oxygen atoms in total. The van der Waals surface area contributed by atoms with E-state index in [4.69, 9.17) is 9.72 Å². The fourth-order valence-corrected chi connectivity index (χ4v) is 6.81. The maximum absolute atomic E-state index is 15.0. The molecule has 1 saturated carbocycles. The smallest absolute Gasteiger partial charge is 0.343 e. The molecule has 2 N–H and O–H groups in total. The van der Waals surface area contributed by atoms with Crippen molar-refractivity contribution in [3.8, 4) is 11.4 Å². The molecule has 4 aliphatic rings. The number of aliphatic hydroxyl groups is 1. The van der Waals surface area contributed by atoms with E-state index in [2.05, 4.69) is 5.32 Å². The molecule has 9 heteroatoms. The second-order valence-electron chi connectivity index (χ2n) is 11.5. The van der Waals surface area contributed by atoms with Crippen LogP contribution in [0.15, 0.2) is 16.9 Å². The van der Waals surface area contributed by atoms with E-state index in [1.54, 1.807) is 24.5 Å². The maximum Gasteiger partial charge on any atom is 0.343 e. The molecule has 3 aromatic rings. The Kier molecular flexibility index (Phi) is 5.15. The second-order valence-corrected chi connectivity index (χ2v) is 11.5. The summed E-state index contributed by atoms with van der Waals surface area (Å²) in [5.74, 6) is -0.782. The van der Waals surface area contributed by atoms with Crippen LogP contribution in [0.5, 0.6) is 0 Å². The minimum atomic E-state index is -1.93. The van der Waals surface area contributed by atoms with Gasteiger partial charge in [-0.1, -0.05) is 13.8 Å². The number of fused-ring (bicyclic) bond motifs is 5. The first-order valence-electron chi connectivity index (χ1n) is 13.8. The van der Waals surface area contributed by atoms with Gasteiger partial charge >= 0.3 is 5.97 Å². The van der Waals surface area contributed by atoms with Crippen molar-refractivity contribution in [3.05, 3.63) is 61.7 Å². The number of nitrogens with zero attached hydrogens (tertiary/aromatic N) is 2. The van der Waals surface area contributed by atoms with Crippen LogP contribution in [0.2, 0.25) is 0 Å². The van der Waals surface area contributed by atoms with E-state index in [-0.39, 0.29) is 59.9 Å². The molecule has 3 atom stereocenters. The lowest BCUT2D eigenvalue weighted by Crippen LogP contribution is -2.44. The highest BCUT2D eigenvalue weighted by molar-refractivity contribution is 5.94. The van der Waals surface area contributed by atoms with Crippen LogP contribution >= 0.6 is 0 Å². The molecule has 0 bridgehead atoms. The summed E-state index contributed by atoms with van der Waals surface area (Å²) >= 11 is 0. The van der Waals surface area contributed by atoms with Gasteiger partial charge in [-0.3, -0.25) is 9.59 Å². The molecule has 39 heavy (non-hydrogen) atoms. The van der Waals surface area contributed by atoms with Crippen LogP contribution in [0.25, 0.3) is 22.3 Å². The summed E-state index contributed by atoms with van der Waals surface area (Å²) in [5.41, 5.74) is 2.82. The third kappa shape index (κ3) is 3.32. The molecular formula is C30H30FN3O5. The predicted molar refractivity (Wildman–Crippen MR) is 140 cm³/mol. The van der Waals surface area contributed by atoms with Crippen LogP contribution in [-0.4, -0.2) is 26.5 Å². The van der Waals surface area contributed by atoms with Crippen molar-refractivity contribution < 1.29 is 23.8 Å². The number of pyridine rings is 2. The maximum atomic E-state index is 15.0. The predicted octanol–water partition coefficient (Wildman–Crippen LogP) is 3.68. The molecule has 1 amide bonds. The van der Waals surface area contributed by atoms with E-state index in [1.165, 1.54) is 6.07 Å². The van der Waals surface area contributed by atoms with Crippen LogP contribution in [-0.2, 0) is 39.5 Å². The lowest BCUT2D eigenvalue weighted by Gasteiger charge is -2.31. The first kappa shape index (κ1) is 24.5. The molecule has 7 rings (SSSR count). The average molecular weight is 532 g/mol. The van der Waals surface area contributed by atoms with E-state index in [0.717, 1.165) is 34.9 Å². The van der Waals surface area contributed by atoms with E-state index < -0.39 is 11.6 Å². The number of aryl methyl sites for hydroxylation is 1. The number of cyclic esters (lactones) is 1. The van der Waals surface area contributed by atoms with Gasteiger partial charge in [0.05, 0.1) is 35.1 Å². The lowest BCUT2D eigenvalue weighted by molar-refractivity contribution is -0.172. The summed E-state index contributed by atoms with van der Waals surface area (Å²) in [5, 5.41) is 15.3. The molecule has 0 spiro atoms.